The first kappa shape index (κ1) is 25.4. The van der Waals surface area contributed by atoms with Crippen molar-refractivity contribution < 1.29 is 26.4 Å². The normalized spacial score (nSPS) is 11.9. The number of carbonyl (C=O) groups excluding carboxylic acids is 1. The third kappa shape index (κ3) is 8.27. The van der Waals surface area contributed by atoms with Gasteiger partial charge in [0.25, 0.3) is 0 Å². The number of amides is 1. The fraction of sp³-hybridized carbons (Fsp3) is 0.350. The van der Waals surface area contributed by atoms with Gasteiger partial charge in [-0.3, -0.25) is 9.10 Å². The number of nitrogens with one attached hydrogen (secondary N) is 1. The minimum absolute atomic E-state index is 0.220. The van der Waals surface area contributed by atoms with E-state index in [1.807, 2.05) is 24.3 Å². The Kier molecular flexibility index (Phi) is 9.08. The summed E-state index contributed by atoms with van der Waals surface area (Å²) in [4.78, 5) is 12.2. The monoisotopic (exact) mass is 494 g/mol. The molecule has 0 radical (unpaired) electrons. The predicted molar refractivity (Wildman–Crippen MR) is 119 cm³/mol. The second kappa shape index (κ2) is 11.1. The number of rotatable bonds is 10. The van der Waals surface area contributed by atoms with Gasteiger partial charge in [0.15, 0.2) is 0 Å². The van der Waals surface area contributed by atoms with Crippen molar-refractivity contribution in [2.24, 2.45) is 0 Å². The molecule has 0 spiro atoms. The molecule has 2 aromatic rings. The molecule has 2 aromatic carbocycles. The molecule has 0 aromatic heterocycles. The summed E-state index contributed by atoms with van der Waals surface area (Å²) in [6.45, 7) is -0.290. The Morgan fingerprint density at radius 1 is 1.16 bits per heavy atom. The largest absolute Gasteiger partial charge is 0.416 e. The number of halogens is 4. The van der Waals surface area contributed by atoms with Crippen molar-refractivity contribution in [3.05, 3.63) is 64.7 Å². The molecule has 0 saturated heterocycles. The topological polar surface area (TPSA) is 66.5 Å². The Balaban J connectivity index is 1.86. The number of nitrogens with zero attached hydrogens (tertiary/aromatic N) is 1. The maximum Gasteiger partial charge on any atom is 0.416 e. The van der Waals surface area contributed by atoms with Gasteiger partial charge in [0.2, 0.25) is 15.9 Å². The molecule has 0 bridgehead atoms. The molecule has 0 saturated carbocycles. The number of thioether (sulfide) groups is 1. The quantitative estimate of drug-likeness (QED) is 0.491. The molecule has 5 nitrogen and oxygen atoms in total. The van der Waals surface area contributed by atoms with Gasteiger partial charge in [0.1, 0.15) is 6.54 Å². The molecule has 0 aliphatic heterocycles. The van der Waals surface area contributed by atoms with Crippen molar-refractivity contribution in [3.63, 3.8) is 0 Å². The highest BCUT2D eigenvalue weighted by atomic mass is 35.5. The van der Waals surface area contributed by atoms with Crippen LogP contribution in [0.3, 0.4) is 0 Å². The number of alkyl halides is 3. The van der Waals surface area contributed by atoms with Gasteiger partial charge < -0.3 is 5.32 Å². The van der Waals surface area contributed by atoms with Gasteiger partial charge in [-0.15, -0.1) is 0 Å². The lowest BCUT2D eigenvalue weighted by Gasteiger charge is -2.22. The molecule has 2 rings (SSSR count). The second-order valence-electron chi connectivity index (χ2n) is 6.67. The third-order valence-electron chi connectivity index (χ3n) is 4.15. The highest BCUT2D eigenvalue weighted by molar-refractivity contribution is 7.98. The van der Waals surface area contributed by atoms with Gasteiger partial charge >= 0.3 is 6.18 Å². The smallest absolute Gasteiger partial charge is 0.354 e. The van der Waals surface area contributed by atoms with Crippen molar-refractivity contribution in [2.75, 3.05) is 29.4 Å². The van der Waals surface area contributed by atoms with Crippen LogP contribution in [-0.2, 0) is 26.7 Å². The van der Waals surface area contributed by atoms with Gasteiger partial charge in [-0.05, 0) is 42.0 Å². The lowest BCUT2D eigenvalue weighted by molar-refractivity contribution is -0.137. The van der Waals surface area contributed by atoms with Crippen LogP contribution in [0.5, 0.6) is 0 Å². The molecule has 0 unspecified atom stereocenters. The number of carbonyl (C=O) groups is 1. The van der Waals surface area contributed by atoms with Gasteiger partial charge in [-0.2, -0.15) is 24.9 Å². The number of sulfonamides is 1. The number of anilines is 1. The van der Waals surface area contributed by atoms with Crippen LogP contribution in [0.25, 0.3) is 0 Å². The minimum Gasteiger partial charge on any atom is -0.354 e. The Morgan fingerprint density at radius 3 is 2.52 bits per heavy atom. The summed E-state index contributed by atoms with van der Waals surface area (Å²) in [7, 11) is -3.96. The molecule has 0 heterocycles. The SMILES string of the molecule is CS(=O)(=O)N(CC(=O)NCCCSCc1ccccc1Cl)c1cccc(C(F)(F)F)c1. The maximum atomic E-state index is 12.9. The van der Waals surface area contributed by atoms with Gasteiger partial charge in [0, 0.05) is 17.3 Å². The molecule has 170 valence electrons. The van der Waals surface area contributed by atoms with Crippen LogP contribution in [0.15, 0.2) is 48.5 Å². The highest BCUT2D eigenvalue weighted by Crippen LogP contribution is 2.32. The molecule has 1 amide bonds. The van der Waals surface area contributed by atoms with E-state index >= 15 is 0 Å². The van der Waals surface area contributed by atoms with Crippen molar-refractivity contribution in [1.29, 1.82) is 0 Å². The van der Waals surface area contributed by atoms with Crippen LogP contribution < -0.4 is 9.62 Å². The Morgan fingerprint density at radius 2 is 1.87 bits per heavy atom. The Bertz CT molecular complexity index is 1000. The average molecular weight is 495 g/mol. The maximum absolute atomic E-state index is 12.9. The van der Waals surface area contributed by atoms with Gasteiger partial charge in [0.05, 0.1) is 17.5 Å². The summed E-state index contributed by atoms with van der Waals surface area (Å²) in [6, 6.07) is 11.4. The van der Waals surface area contributed by atoms with Crippen LogP contribution >= 0.6 is 23.4 Å². The van der Waals surface area contributed by atoms with E-state index in [9.17, 15) is 26.4 Å². The zero-order valence-electron chi connectivity index (χ0n) is 16.7. The molecule has 0 atom stereocenters. The average Bonchev–Trinajstić information content (AvgIpc) is 2.68. The zero-order chi connectivity index (χ0) is 23.1. The number of hydrogen-bond acceptors (Lipinski definition) is 4. The van der Waals surface area contributed by atoms with Crippen molar-refractivity contribution in [3.8, 4) is 0 Å². The first-order chi connectivity index (χ1) is 14.5. The molecule has 1 N–H and O–H groups in total. The summed E-state index contributed by atoms with van der Waals surface area (Å²) in [5.41, 5.74) is -0.194. The van der Waals surface area contributed by atoms with Crippen LogP contribution in [0.1, 0.15) is 17.5 Å². The lowest BCUT2D eigenvalue weighted by Crippen LogP contribution is -2.40. The van der Waals surface area contributed by atoms with Crippen LogP contribution in [0.4, 0.5) is 18.9 Å². The highest BCUT2D eigenvalue weighted by Gasteiger charge is 2.31. The van der Waals surface area contributed by atoms with E-state index in [1.165, 1.54) is 6.07 Å². The first-order valence-corrected chi connectivity index (χ1v) is 12.6. The number of benzene rings is 2. The van der Waals surface area contributed by atoms with E-state index in [-0.39, 0.29) is 5.69 Å². The minimum atomic E-state index is -4.62. The fourth-order valence-corrected chi connectivity index (χ4v) is 4.72. The molecule has 31 heavy (non-hydrogen) atoms. The van der Waals surface area contributed by atoms with E-state index in [0.29, 0.717) is 28.4 Å². The van der Waals surface area contributed by atoms with Crippen LogP contribution in [0, 0.1) is 0 Å². The number of hydrogen-bond donors (Lipinski definition) is 1. The molecule has 11 heteroatoms. The molecular weight excluding hydrogens is 473 g/mol. The van der Waals surface area contributed by atoms with Crippen molar-refractivity contribution >= 4 is 45.0 Å². The van der Waals surface area contributed by atoms with Crippen LogP contribution in [-0.4, -0.2) is 39.4 Å². The third-order valence-corrected chi connectivity index (χ3v) is 6.75. The zero-order valence-corrected chi connectivity index (χ0v) is 19.0. The molecular formula is C20H22ClF3N2O3S2. The standard InChI is InChI=1S/C20H22ClF3N2O3S2/c1-31(28,29)26(17-8-4-7-16(12-17)20(22,23)24)13-19(27)25-10-5-11-30-14-15-6-2-3-9-18(15)21/h2-4,6-9,12H,5,10-11,13-14H2,1H3,(H,25,27). The molecule has 0 fully saturated rings. The van der Waals surface area contributed by atoms with Gasteiger partial charge in [-0.1, -0.05) is 35.9 Å². The van der Waals surface area contributed by atoms with E-state index in [2.05, 4.69) is 5.32 Å². The van der Waals surface area contributed by atoms with E-state index in [1.54, 1.807) is 11.8 Å². The van der Waals surface area contributed by atoms with Crippen molar-refractivity contribution in [1.82, 2.24) is 5.32 Å². The van der Waals surface area contributed by atoms with Crippen LogP contribution in [0.2, 0.25) is 5.02 Å². The lowest BCUT2D eigenvalue weighted by atomic mass is 10.2. The summed E-state index contributed by atoms with van der Waals surface area (Å²) in [5, 5.41) is 3.30. The first-order valence-electron chi connectivity index (χ1n) is 9.21. The van der Waals surface area contributed by atoms with E-state index < -0.39 is 34.2 Å². The van der Waals surface area contributed by atoms with Crippen molar-refractivity contribution in [2.45, 2.75) is 18.3 Å². The second-order valence-corrected chi connectivity index (χ2v) is 10.1. The predicted octanol–water partition coefficient (Wildman–Crippen LogP) is 4.56. The summed E-state index contributed by atoms with van der Waals surface area (Å²) < 4.78 is 63.6. The summed E-state index contributed by atoms with van der Waals surface area (Å²) in [5.74, 6) is 0.874. The summed E-state index contributed by atoms with van der Waals surface area (Å²) >= 11 is 7.73. The molecule has 0 aliphatic rings. The summed E-state index contributed by atoms with van der Waals surface area (Å²) in [6.07, 6.45) is -3.14. The van der Waals surface area contributed by atoms with E-state index in [4.69, 9.17) is 11.6 Å². The van der Waals surface area contributed by atoms with E-state index in [0.717, 1.165) is 35.5 Å². The molecule has 0 aliphatic carbocycles. The Hall–Kier alpha value is -1.91. The van der Waals surface area contributed by atoms with Gasteiger partial charge in [-0.25, -0.2) is 8.42 Å². The Labute approximate surface area is 189 Å². The fourth-order valence-electron chi connectivity index (χ4n) is 2.62.